The molecule has 5 aliphatic rings. The Morgan fingerprint density at radius 2 is 1.86 bits per heavy atom. The van der Waals surface area contributed by atoms with Crippen molar-refractivity contribution < 1.29 is 0 Å². The van der Waals surface area contributed by atoms with Gasteiger partial charge < -0.3 is 5.73 Å². The van der Waals surface area contributed by atoms with E-state index in [9.17, 15) is 0 Å². The van der Waals surface area contributed by atoms with Crippen molar-refractivity contribution in [1.82, 2.24) is 0 Å². The normalized spacial score (nSPS) is 55.6. The quantitative estimate of drug-likeness (QED) is 0.753. The zero-order valence-electron chi connectivity index (χ0n) is 12.3. The van der Waals surface area contributed by atoms with Gasteiger partial charge in [0.15, 0.2) is 0 Å². The fourth-order valence-corrected chi connectivity index (χ4v) is 7.99. The highest BCUT2D eigenvalue weighted by Crippen LogP contribution is 2.86. The Morgan fingerprint density at radius 1 is 1.09 bits per heavy atom. The van der Waals surface area contributed by atoms with Crippen molar-refractivity contribution in [3.63, 3.8) is 0 Å². The van der Waals surface area contributed by atoms with Gasteiger partial charge in [-0.3, -0.25) is 0 Å². The summed E-state index contributed by atoms with van der Waals surface area (Å²) in [6, 6.07) is 6.10. The maximum Gasteiger partial charge on any atom is 0.0456 e. The van der Waals surface area contributed by atoms with E-state index in [0.29, 0.717) is 23.2 Å². The highest BCUT2D eigenvalue weighted by molar-refractivity contribution is 6.36. The van der Waals surface area contributed by atoms with Crippen LogP contribution in [-0.4, -0.2) is 6.04 Å². The first kappa shape index (κ1) is 12.9. The Kier molecular flexibility index (Phi) is 2.20. The molecule has 3 heteroatoms. The molecular formula is C19H19Cl2N. The van der Waals surface area contributed by atoms with E-state index in [2.05, 4.69) is 12.2 Å². The summed E-state index contributed by atoms with van der Waals surface area (Å²) in [4.78, 5) is 0. The molecule has 1 spiro atoms. The van der Waals surface area contributed by atoms with Gasteiger partial charge in [0.05, 0.1) is 0 Å². The molecule has 0 aliphatic heterocycles. The summed E-state index contributed by atoms with van der Waals surface area (Å²) in [7, 11) is 0. The number of hydrogen-bond acceptors (Lipinski definition) is 1. The Bertz CT molecular complexity index is 708. The molecule has 5 aliphatic carbocycles. The van der Waals surface area contributed by atoms with Crippen LogP contribution in [0.1, 0.15) is 24.3 Å². The summed E-state index contributed by atoms with van der Waals surface area (Å²) in [6.45, 7) is 0. The average molecular weight is 332 g/mol. The van der Waals surface area contributed by atoms with Crippen molar-refractivity contribution in [3.8, 4) is 0 Å². The number of rotatable bonds is 1. The summed E-state index contributed by atoms with van der Waals surface area (Å²) >= 11 is 13.0. The molecule has 0 amide bonds. The average Bonchev–Trinajstić information content (AvgIpc) is 2.88. The third kappa shape index (κ3) is 1.17. The van der Waals surface area contributed by atoms with Gasteiger partial charge in [-0.25, -0.2) is 0 Å². The molecule has 4 fully saturated rings. The number of allylic oxidation sites excluding steroid dienone is 2. The minimum Gasteiger partial charge on any atom is -0.327 e. The molecule has 9 unspecified atom stereocenters. The molecule has 0 aromatic heterocycles. The van der Waals surface area contributed by atoms with E-state index in [1.807, 2.05) is 18.2 Å². The zero-order chi connectivity index (χ0) is 14.8. The lowest BCUT2D eigenvalue weighted by molar-refractivity contribution is -0.0675. The molecule has 1 aromatic rings. The second kappa shape index (κ2) is 3.77. The molecule has 22 heavy (non-hydrogen) atoms. The van der Waals surface area contributed by atoms with Crippen molar-refractivity contribution in [2.24, 2.45) is 46.7 Å². The van der Waals surface area contributed by atoms with Crippen molar-refractivity contribution >= 4 is 23.2 Å². The van der Waals surface area contributed by atoms with Crippen molar-refractivity contribution in [1.29, 1.82) is 0 Å². The van der Waals surface area contributed by atoms with Gasteiger partial charge in [-0.2, -0.15) is 0 Å². The van der Waals surface area contributed by atoms with Crippen LogP contribution in [0.3, 0.4) is 0 Å². The molecule has 0 heterocycles. The van der Waals surface area contributed by atoms with Crippen LogP contribution >= 0.6 is 23.2 Å². The highest BCUT2D eigenvalue weighted by atomic mass is 35.5. The first-order chi connectivity index (χ1) is 10.6. The maximum absolute atomic E-state index is 6.74. The summed E-state index contributed by atoms with van der Waals surface area (Å²) < 4.78 is 0. The smallest absolute Gasteiger partial charge is 0.0456 e. The molecule has 0 saturated heterocycles. The standard InChI is InChI=1S/C19H19Cl2N/c20-12-2-1-3-13(21)16(12)15-9-6-10(18(15)22)17-14(9)11-5-4-8-7-19(8,11)17/h1-5,8-11,14-15,17-18H,6-7,22H2. The summed E-state index contributed by atoms with van der Waals surface area (Å²) in [5.74, 6) is 5.16. The molecule has 1 aromatic carbocycles. The van der Waals surface area contributed by atoms with E-state index in [-0.39, 0.29) is 6.04 Å². The molecular weight excluding hydrogens is 313 g/mol. The van der Waals surface area contributed by atoms with Crippen LogP contribution in [0, 0.1) is 40.9 Å². The minimum atomic E-state index is 0.237. The third-order valence-electron chi connectivity index (χ3n) is 7.93. The molecule has 6 rings (SSSR count). The molecule has 2 bridgehead atoms. The van der Waals surface area contributed by atoms with Crippen LogP contribution in [0.15, 0.2) is 30.4 Å². The van der Waals surface area contributed by atoms with Crippen LogP contribution in [0.5, 0.6) is 0 Å². The molecule has 2 N–H and O–H groups in total. The molecule has 1 nitrogen and oxygen atoms in total. The molecule has 4 saturated carbocycles. The Balaban J connectivity index is 1.44. The van der Waals surface area contributed by atoms with Crippen LogP contribution in [0.2, 0.25) is 10.0 Å². The maximum atomic E-state index is 6.74. The fourth-order valence-electron chi connectivity index (χ4n) is 7.35. The first-order valence-corrected chi connectivity index (χ1v) is 9.28. The second-order valence-electron chi connectivity index (χ2n) is 8.24. The molecule has 0 radical (unpaired) electrons. The highest BCUT2D eigenvalue weighted by Gasteiger charge is 2.81. The summed E-state index contributed by atoms with van der Waals surface area (Å²) in [5, 5.41) is 1.61. The molecule has 9 atom stereocenters. The SMILES string of the molecule is NC1C2CC(C1c1c(Cl)cccc1Cl)C1C3C=CC4CC43C21. The van der Waals surface area contributed by atoms with Crippen LogP contribution < -0.4 is 5.73 Å². The van der Waals surface area contributed by atoms with Gasteiger partial charge in [-0.05, 0) is 71.5 Å². The third-order valence-corrected chi connectivity index (χ3v) is 8.59. The number of fused-ring (bicyclic) bond motifs is 6. The number of hydrogen-bond donors (Lipinski definition) is 1. The minimum absolute atomic E-state index is 0.237. The summed E-state index contributed by atoms with van der Waals surface area (Å²) in [5.41, 5.74) is 8.52. The predicted molar refractivity (Wildman–Crippen MR) is 88.9 cm³/mol. The lowest BCUT2D eigenvalue weighted by atomic mass is 9.47. The largest absolute Gasteiger partial charge is 0.327 e. The van der Waals surface area contributed by atoms with E-state index < -0.39 is 0 Å². The van der Waals surface area contributed by atoms with Gasteiger partial charge in [0.1, 0.15) is 0 Å². The van der Waals surface area contributed by atoms with Crippen LogP contribution in [0.25, 0.3) is 0 Å². The number of nitrogens with two attached hydrogens (primary N) is 1. The first-order valence-electron chi connectivity index (χ1n) is 8.52. The predicted octanol–water partition coefficient (Wildman–Crippen LogP) is 4.49. The summed E-state index contributed by atoms with van der Waals surface area (Å²) in [6.07, 6.45) is 7.74. The van der Waals surface area contributed by atoms with E-state index >= 15 is 0 Å². The van der Waals surface area contributed by atoms with E-state index in [1.54, 1.807) is 0 Å². The lowest BCUT2D eigenvalue weighted by Gasteiger charge is -2.57. The van der Waals surface area contributed by atoms with Gasteiger partial charge in [-0.1, -0.05) is 41.4 Å². The topological polar surface area (TPSA) is 26.0 Å². The van der Waals surface area contributed by atoms with Crippen LogP contribution in [0.4, 0.5) is 0 Å². The van der Waals surface area contributed by atoms with E-state index in [4.69, 9.17) is 28.9 Å². The molecule has 114 valence electrons. The number of halogens is 2. The van der Waals surface area contributed by atoms with Crippen molar-refractivity contribution in [2.45, 2.75) is 24.8 Å². The Labute approximate surface area is 140 Å². The van der Waals surface area contributed by atoms with Gasteiger partial charge in [-0.15, -0.1) is 0 Å². The monoisotopic (exact) mass is 331 g/mol. The van der Waals surface area contributed by atoms with Crippen molar-refractivity contribution in [2.75, 3.05) is 0 Å². The lowest BCUT2D eigenvalue weighted by Crippen LogP contribution is -2.57. The van der Waals surface area contributed by atoms with E-state index in [0.717, 1.165) is 39.3 Å². The fraction of sp³-hybridized carbons (Fsp3) is 0.579. The Morgan fingerprint density at radius 3 is 2.59 bits per heavy atom. The second-order valence-corrected chi connectivity index (χ2v) is 9.05. The van der Waals surface area contributed by atoms with Gasteiger partial charge >= 0.3 is 0 Å². The van der Waals surface area contributed by atoms with Crippen LogP contribution in [-0.2, 0) is 0 Å². The van der Waals surface area contributed by atoms with Gasteiger partial charge in [0, 0.05) is 22.0 Å². The van der Waals surface area contributed by atoms with Crippen molar-refractivity contribution in [3.05, 3.63) is 46.0 Å². The van der Waals surface area contributed by atoms with E-state index in [1.165, 1.54) is 12.8 Å². The number of benzene rings is 1. The Hall–Kier alpha value is -0.500. The van der Waals surface area contributed by atoms with Gasteiger partial charge in [0.2, 0.25) is 0 Å². The van der Waals surface area contributed by atoms with Gasteiger partial charge in [0.25, 0.3) is 0 Å². The zero-order valence-corrected chi connectivity index (χ0v) is 13.8.